The Bertz CT molecular complexity index is 463. The van der Waals surface area contributed by atoms with Crippen LogP contribution in [-0.4, -0.2) is 11.9 Å². The van der Waals surface area contributed by atoms with Crippen LogP contribution >= 0.6 is 0 Å². The second kappa shape index (κ2) is 2.82. The number of nitrogens with two attached hydrogens (primary N) is 1. The number of ether oxygens (including phenoxy) is 1. The molecule has 4 nitrogen and oxygen atoms in total. The third-order valence-corrected chi connectivity index (χ3v) is 2.52. The summed E-state index contributed by atoms with van der Waals surface area (Å²) in [6, 6.07) is 4.79. The summed E-state index contributed by atoms with van der Waals surface area (Å²) in [4.78, 5) is 22.4. The number of fused-ring (bicyclic) bond motifs is 1. The SMILES string of the molecule is CC1(C)OC(=O)c2cc(C(N)=O)ccc21. The van der Waals surface area contributed by atoms with E-state index in [9.17, 15) is 9.59 Å². The molecule has 2 rings (SSSR count). The quantitative estimate of drug-likeness (QED) is 0.700. The van der Waals surface area contributed by atoms with Gasteiger partial charge in [-0.1, -0.05) is 6.07 Å². The van der Waals surface area contributed by atoms with E-state index in [4.69, 9.17) is 10.5 Å². The Kier molecular flexibility index (Phi) is 1.83. The number of carbonyl (C=O) groups is 2. The van der Waals surface area contributed by atoms with E-state index in [1.807, 2.05) is 0 Å². The number of benzene rings is 1. The standard InChI is InChI=1S/C11H11NO3/c1-11(2)8-4-3-6(9(12)13)5-7(8)10(14)15-11/h3-5H,1-2H3,(H2,12,13). The van der Waals surface area contributed by atoms with Crippen molar-refractivity contribution in [1.82, 2.24) is 0 Å². The summed E-state index contributed by atoms with van der Waals surface area (Å²) in [6.45, 7) is 3.61. The summed E-state index contributed by atoms with van der Waals surface area (Å²) >= 11 is 0. The lowest BCUT2D eigenvalue weighted by molar-refractivity contribution is 0.00954. The summed E-state index contributed by atoms with van der Waals surface area (Å²) in [5.41, 5.74) is 6.05. The molecule has 0 aliphatic carbocycles. The highest BCUT2D eigenvalue weighted by Gasteiger charge is 2.37. The average Bonchev–Trinajstić information content (AvgIpc) is 2.37. The van der Waals surface area contributed by atoms with E-state index in [1.54, 1.807) is 26.0 Å². The fourth-order valence-electron chi connectivity index (χ4n) is 1.73. The minimum Gasteiger partial charge on any atom is -0.451 e. The van der Waals surface area contributed by atoms with E-state index in [0.29, 0.717) is 11.1 Å². The molecule has 4 heteroatoms. The van der Waals surface area contributed by atoms with Crippen LogP contribution in [0.25, 0.3) is 0 Å². The molecule has 1 aliphatic heterocycles. The van der Waals surface area contributed by atoms with E-state index >= 15 is 0 Å². The summed E-state index contributed by atoms with van der Waals surface area (Å²) in [7, 11) is 0. The lowest BCUT2D eigenvalue weighted by atomic mass is 9.94. The van der Waals surface area contributed by atoms with Gasteiger partial charge in [0, 0.05) is 11.1 Å². The molecular weight excluding hydrogens is 194 g/mol. The summed E-state index contributed by atoms with van der Waals surface area (Å²) in [5, 5.41) is 0. The van der Waals surface area contributed by atoms with Crippen molar-refractivity contribution in [2.24, 2.45) is 5.73 Å². The normalized spacial score (nSPS) is 17.1. The first-order valence-electron chi connectivity index (χ1n) is 4.59. The van der Waals surface area contributed by atoms with Crippen LogP contribution in [0.5, 0.6) is 0 Å². The molecule has 0 radical (unpaired) electrons. The highest BCUT2D eigenvalue weighted by molar-refractivity contribution is 5.99. The van der Waals surface area contributed by atoms with Gasteiger partial charge in [-0.2, -0.15) is 0 Å². The van der Waals surface area contributed by atoms with Crippen LogP contribution in [0.2, 0.25) is 0 Å². The Labute approximate surface area is 87.0 Å². The maximum Gasteiger partial charge on any atom is 0.339 e. The van der Waals surface area contributed by atoms with Crippen molar-refractivity contribution < 1.29 is 14.3 Å². The zero-order valence-electron chi connectivity index (χ0n) is 8.53. The fraction of sp³-hybridized carbons (Fsp3) is 0.273. The molecular formula is C11H11NO3. The first-order chi connectivity index (χ1) is 6.92. The third-order valence-electron chi connectivity index (χ3n) is 2.52. The van der Waals surface area contributed by atoms with E-state index in [-0.39, 0.29) is 0 Å². The molecule has 0 fully saturated rings. The number of cyclic esters (lactones) is 1. The number of rotatable bonds is 1. The van der Waals surface area contributed by atoms with Crippen LogP contribution in [0.1, 0.15) is 40.1 Å². The van der Waals surface area contributed by atoms with Crippen LogP contribution in [-0.2, 0) is 10.3 Å². The van der Waals surface area contributed by atoms with Gasteiger partial charge in [-0.25, -0.2) is 4.79 Å². The second-order valence-corrected chi connectivity index (χ2v) is 4.02. The Morgan fingerprint density at radius 1 is 1.40 bits per heavy atom. The molecule has 0 bridgehead atoms. The minimum absolute atomic E-state index is 0.323. The Morgan fingerprint density at radius 2 is 2.07 bits per heavy atom. The molecule has 15 heavy (non-hydrogen) atoms. The highest BCUT2D eigenvalue weighted by atomic mass is 16.6. The molecule has 1 aliphatic rings. The third kappa shape index (κ3) is 1.38. The lowest BCUT2D eigenvalue weighted by Crippen LogP contribution is -2.16. The number of amides is 1. The zero-order chi connectivity index (χ0) is 11.2. The smallest absolute Gasteiger partial charge is 0.339 e. The van der Waals surface area contributed by atoms with Gasteiger partial charge in [0.05, 0.1) is 5.56 Å². The molecule has 1 heterocycles. The van der Waals surface area contributed by atoms with Gasteiger partial charge in [-0.15, -0.1) is 0 Å². The lowest BCUT2D eigenvalue weighted by Gasteiger charge is -2.17. The molecule has 0 saturated heterocycles. The molecule has 2 N–H and O–H groups in total. The zero-order valence-corrected chi connectivity index (χ0v) is 8.53. The second-order valence-electron chi connectivity index (χ2n) is 4.02. The maximum atomic E-state index is 11.5. The van der Waals surface area contributed by atoms with Crippen LogP contribution in [0, 0.1) is 0 Å². The fourth-order valence-corrected chi connectivity index (χ4v) is 1.73. The summed E-state index contributed by atoms with van der Waals surface area (Å²) in [5.74, 6) is -0.951. The van der Waals surface area contributed by atoms with Crippen LogP contribution < -0.4 is 5.73 Å². The molecule has 1 aromatic carbocycles. The average molecular weight is 205 g/mol. The molecule has 0 saturated carbocycles. The van der Waals surface area contributed by atoms with Crippen LogP contribution in [0.4, 0.5) is 0 Å². The Morgan fingerprint density at radius 3 is 2.67 bits per heavy atom. The van der Waals surface area contributed by atoms with Gasteiger partial charge in [0.2, 0.25) is 5.91 Å². The monoisotopic (exact) mass is 205 g/mol. The molecule has 0 spiro atoms. The summed E-state index contributed by atoms with van der Waals surface area (Å²) in [6.07, 6.45) is 0. The highest BCUT2D eigenvalue weighted by Crippen LogP contribution is 2.35. The van der Waals surface area contributed by atoms with Gasteiger partial charge in [-0.3, -0.25) is 4.79 Å². The number of hydrogen-bond acceptors (Lipinski definition) is 3. The van der Waals surface area contributed by atoms with E-state index in [2.05, 4.69) is 0 Å². The maximum absolute atomic E-state index is 11.5. The van der Waals surface area contributed by atoms with Crippen molar-refractivity contribution in [1.29, 1.82) is 0 Å². The van der Waals surface area contributed by atoms with Crippen LogP contribution in [0.15, 0.2) is 18.2 Å². The molecule has 0 unspecified atom stereocenters. The predicted molar refractivity (Wildman–Crippen MR) is 53.4 cm³/mol. The minimum atomic E-state index is -0.622. The van der Waals surface area contributed by atoms with Crippen molar-refractivity contribution in [3.05, 3.63) is 34.9 Å². The van der Waals surface area contributed by atoms with Crippen molar-refractivity contribution in [2.45, 2.75) is 19.4 Å². The predicted octanol–water partition coefficient (Wildman–Crippen LogP) is 1.19. The van der Waals surface area contributed by atoms with Crippen molar-refractivity contribution in [3.8, 4) is 0 Å². The van der Waals surface area contributed by atoms with Gasteiger partial charge < -0.3 is 10.5 Å². The van der Waals surface area contributed by atoms with Gasteiger partial charge in [0.25, 0.3) is 0 Å². The number of hydrogen-bond donors (Lipinski definition) is 1. The molecule has 0 atom stereocenters. The number of carbonyl (C=O) groups excluding carboxylic acids is 2. The van der Waals surface area contributed by atoms with Gasteiger partial charge in [-0.05, 0) is 26.0 Å². The van der Waals surface area contributed by atoms with E-state index in [1.165, 1.54) is 6.07 Å². The topological polar surface area (TPSA) is 69.4 Å². The van der Waals surface area contributed by atoms with E-state index in [0.717, 1.165) is 5.56 Å². The molecule has 78 valence electrons. The first-order valence-corrected chi connectivity index (χ1v) is 4.59. The van der Waals surface area contributed by atoms with Crippen molar-refractivity contribution >= 4 is 11.9 Å². The summed E-state index contributed by atoms with van der Waals surface area (Å²) < 4.78 is 5.16. The Balaban J connectivity index is 2.60. The molecule has 0 aromatic heterocycles. The molecule has 1 aromatic rings. The number of primary amides is 1. The van der Waals surface area contributed by atoms with Crippen molar-refractivity contribution in [2.75, 3.05) is 0 Å². The molecule has 1 amide bonds. The van der Waals surface area contributed by atoms with E-state index < -0.39 is 17.5 Å². The first kappa shape index (κ1) is 9.71. The van der Waals surface area contributed by atoms with Gasteiger partial charge >= 0.3 is 5.97 Å². The Hall–Kier alpha value is -1.84. The van der Waals surface area contributed by atoms with Gasteiger partial charge in [0.1, 0.15) is 5.60 Å². The van der Waals surface area contributed by atoms with Crippen LogP contribution in [0.3, 0.4) is 0 Å². The largest absolute Gasteiger partial charge is 0.451 e. The van der Waals surface area contributed by atoms with Gasteiger partial charge in [0.15, 0.2) is 0 Å². The number of esters is 1. The van der Waals surface area contributed by atoms with Crippen molar-refractivity contribution in [3.63, 3.8) is 0 Å².